The second kappa shape index (κ2) is 11.5. The number of alkyl halides is 3. The van der Waals surface area contributed by atoms with Gasteiger partial charge < -0.3 is 4.74 Å². The van der Waals surface area contributed by atoms with Crippen LogP contribution in [0, 0.1) is 29.1 Å². The Labute approximate surface area is 188 Å². The molecule has 2 aliphatic rings. The molecule has 0 aromatic heterocycles. The van der Waals surface area contributed by atoms with Crippen LogP contribution in [-0.4, -0.2) is 6.36 Å². The van der Waals surface area contributed by atoms with Crippen molar-refractivity contribution in [2.75, 3.05) is 0 Å². The van der Waals surface area contributed by atoms with E-state index in [0.717, 1.165) is 43.1 Å². The summed E-state index contributed by atoms with van der Waals surface area (Å²) in [5.74, 6) is 1.51. The highest BCUT2D eigenvalue weighted by Crippen LogP contribution is 2.40. The average molecular weight is 450 g/mol. The smallest absolute Gasteiger partial charge is 0.406 e. The first-order valence-corrected chi connectivity index (χ1v) is 11.6. The largest absolute Gasteiger partial charge is 0.573 e. The molecular formula is C26H31F4NO. The molecule has 2 nitrogen and oxygen atoms in total. The van der Waals surface area contributed by atoms with Crippen LogP contribution >= 0.6 is 0 Å². The molecule has 0 spiro atoms. The summed E-state index contributed by atoms with van der Waals surface area (Å²) >= 11 is 0. The Morgan fingerprint density at radius 1 is 0.938 bits per heavy atom. The van der Waals surface area contributed by atoms with E-state index in [-0.39, 0.29) is 5.75 Å². The summed E-state index contributed by atoms with van der Waals surface area (Å²) in [6.45, 7) is 0. The maximum absolute atomic E-state index is 12.8. The molecule has 2 aliphatic carbocycles. The van der Waals surface area contributed by atoms with Crippen molar-refractivity contribution in [3.8, 4) is 11.8 Å². The summed E-state index contributed by atoms with van der Waals surface area (Å²) < 4.78 is 53.7. The first-order chi connectivity index (χ1) is 15.3. The van der Waals surface area contributed by atoms with Crippen LogP contribution < -0.4 is 4.74 Å². The van der Waals surface area contributed by atoms with Crippen molar-refractivity contribution >= 4 is 0 Å². The zero-order valence-electron chi connectivity index (χ0n) is 18.3. The number of nitriles is 1. The van der Waals surface area contributed by atoms with Crippen molar-refractivity contribution in [3.63, 3.8) is 0 Å². The Bertz CT molecular complexity index is 806. The summed E-state index contributed by atoms with van der Waals surface area (Å²) in [6, 6.07) is 7.84. The molecule has 3 rings (SSSR count). The Kier molecular flexibility index (Phi) is 8.78. The molecule has 6 heteroatoms. The SMILES string of the molecule is N#CC(F)=CC=CC1CCC(CCC2CCC(c3ccc(OC(F)(F)F)cc3)CC2)CC1. The quantitative estimate of drug-likeness (QED) is 0.238. The Hall–Kier alpha value is -2.29. The predicted molar refractivity (Wildman–Crippen MR) is 116 cm³/mol. The Morgan fingerprint density at radius 2 is 1.50 bits per heavy atom. The third-order valence-corrected chi connectivity index (χ3v) is 7.04. The molecule has 0 saturated heterocycles. The molecule has 0 unspecified atom stereocenters. The molecule has 1 aromatic carbocycles. The molecule has 1 aromatic rings. The van der Waals surface area contributed by atoms with E-state index in [0.29, 0.717) is 11.8 Å². The van der Waals surface area contributed by atoms with Crippen molar-refractivity contribution in [1.82, 2.24) is 0 Å². The number of hydrogen-bond acceptors (Lipinski definition) is 2. The van der Waals surface area contributed by atoms with Gasteiger partial charge in [-0.05, 0) is 98.8 Å². The van der Waals surface area contributed by atoms with Crippen LogP contribution in [0.1, 0.15) is 75.7 Å². The van der Waals surface area contributed by atoms with Gasteiger partial charge in [0.2, 0.25) is 0 Å². The Morgan fingerprint density at radius 3 is 2.03 bits per heavy atom. The summed E-state index contributed by atoms with van der Waals surface area (Å²) in [4.78, 5) is 0. The second-order valence-corrected chi connectivity index (χ2v) is 9.20. The van der Waals surface area contributed by atoms with Crippen LogP contribution in [0.15, 0.2) is 48.3 Å². The molecule has 2 fully saturated rings. The number of ether oxygens (including phenoxy) is 1. The molecule has 0 radical (unpaired) electrons. The van der Waals surface area contributed by atoms with E-state index in [1.54, 1.807) is 18.2 Å². The van der Waals surface area contributed by atoms with Gasteiger partial charge in [0, 0.05) is 0 Å². The van der Waals surface area contributed by atoms with Gasteiger partial charge in [0.05, 0.1) is 0 Å². The molecule has 32 heavy (non-hydrogen) atoms. The van der Waals surface area contributed by atoms with E-state index in [9.17, 15) is 17.6 Å². The summed E-state index contributed by atoms with van der Waals surface area (Å²) in [5.41, 5.74) is 1.11. The highest BCUT2D eigenvalue weighted by Gasteiger charge is 2.31. The lowest BCUT2D eigenvalue weighted by molar-refractivity contribution is -0.274. The number of halogens is 4. The number of nitrogens with zero attached hydrogens (tertiary/aromatic N) is 1. The van der Waals surface area contributed by atoms with Gasteiger partial charge in [-0.15, -0.1) is 13.2 Å². The van der Waals surface area contributed by atoms with Crippen LogP contribution in [0.5, 0.6) is 5.75 Å². The first-order valence-electron chi connectivity index (χ1n) is 11.6. The van der Waals surface area contributed by atoms with Gasteiger partial charge >= 0.3 is 6.36 Å². The standard InChI is InChI=1S/C26H31F4NO/c27-24(18-31)3-1-2-19-4-6-20(7-5-19)8-9-21-10-12-22(13-11-21)23-14-16-25(17-15-23)32-26(28,29)30/h1-3,14-17,19-22H,4-13H2. The first kappa shape index (κ1) is 24.4. The van der Waals surface area contributed by atoms with Gasteiger partial charge in [-0.1, -0.05) is 37.1 Å². The third kappa shape index (κ3) is 8.00. The van der Waals surface area contributed by atoms with Crippen molar-refractivity contribution < 1.29 is 22.3 Å². The molecular weight excluding hydrogens is 418 g/mol. The highest BCUT2D eigenvalue weighted by atomic mass is 19.4. The topological polar surface area (TPSA) is 33.0 Å². The van der Waals surface area contributed by atoms with Gasteiger partial charge in [0.1, 0.15) is 11.8 Å². The van der Waals surface area contributed by atoms with Gasteiger partial charge in [0.25, 0.3) is 0 Å². The average Bonchev–Trinajstić information content (AvgIpc) is 2.78. The summed E-state index contributed by atoms with van der Waals surface area (Å²) in [5, 5.41) is 8.42. The van der Waals surface area contributed by atoms with Crippen molar-refractivity contribution in [1.29, 1.82) is 5.26 Å². The molecule has 0 atom stereocenters. The van der Waals surface area contributed by atoms with E-state index < -0.39 is 12.2 Å². The monoisotopic (exact) mass is 449 g/mol. The number of rotatable bonds is 7. The van der Waals surface area contributed by atoms with E-state index >= 15 is 0 Å². The van der Waals surface area contributed by atoms with Gasteiger partial charge in [0.15, 0.2) is 5.83 Å². The number of benzene rings is 1. The predicted octanol–water partition coefficient (Wildman–Crippen LogP) is 8.38. The second-order valence-electron chi connectivity index (χ2n) is 9.20. The lowest BCUT2D eigenvalue weighted by Gasteiger charge is -2.31. The molecule has 0 heterocycles. The summed E-state index contributed by atoms with van der Waals surface area (Å²) in [7, 11) is 0. The maximum atomic E-state index is 12.8. The zero-order valence-corrected chi connectivity index (χ0v) is 18.3. The fourth-order valence-electron chi connectivity index (χ4n) is 5.20. The van der Waals surface area contributed by atoms with E-state index in [1.807, 2.05) is 6.08 Å². The van der Waals surface area contributed by atoms with E-state index in [4.69, 9.17) is 5.26 Å². The van der Waals surface area contributed by atoms with Crippen LogP contribution in [0.3, 0.4) is 0 Å². The normalized spacial score (nSPS) is 27.3. The van der Waals surface area contributed by atoms with Crippen molar-refractivity contribution in [2.24, 2.45) is 17.8 Å². The lowest BCUT2D eigenvalue weighted by Crippen LogP contribution is -2.18. The third-order valence-electron chi connectivity index (χ3n) is 7.04. The fraction of sp³-hybridized carbons (Fsp3) is 0.577. The van der Waals surface area contributed by atoms with Crippen LogP contribution in [0.25, 0.3) is 0 Å². The number of allylic oxidation sites excluding steroid dienone is 4. The molecule has 0 aliphatic heterocycles. The zero-order chi connectivity index (χ0) is 23.0. The molecule has 174 valence electrons. The minimum atomic E-state index is -4.65. The van der Waals surface area contributed by atoms with Crippen LogP contribution in [0.2, 0.25) is 0 Å². The maximum Gasteiger partial charge on any atom is 0.573 e. The lowest BCUT2D eigenvalue weighted by atomic mass is 9.74. The minimum Gasteiger partial charge on any atom is -0.406 e. The van der Waals surface area contributed by atoms with Gasteiger partial charge in [-0.25, -0.2) is 0 Å². The van der Waals surface area contributed by atoms with Crippen molar-refractivity contribution in [2.45, 2.75) is 76.5 Å². The molecule has 0 amide bonds. The van der Waals surface area contributed by atoms with Gasteiger partial charge in [-0.2, -0.15) is 9.65 Å². The molecule has 0 N–H and O–H groups in total. The minimum absolute atomic E-state index is 0.161. The number of hydrogen-bond donors (Lipinski definition) is 0. The fourth-order valence-corrected chi connectivity index (χ4v) is 5.20. The van der Waals surface area contributed by atoms with Crippen LogP contribution in [-0.2, 0) is 0 Å². The summed E-state index contributed by atoms with van der Waals surface area (Å²) in [6.07, 6.45) is 12.0. The highest BCUT2D eigenvalue weighted by molar-refractivity contribution is 5.30. The van der Waals surface area contributed by atoms with E-state index in [1.165, 1.54) is 62.8 Å². The molecule has 0 bridgehead atoms. The van der Waals surface area contributed by atoms with Crippen LogP contribution in [0.4, 0.5) is 17.6 Å². The van der Waals surface area contributed by atoms with E-state index in [2.05, 4.69) is 4.74 Å². The van der Waals surface area contributed by atoms with Crippen molar-refractivity contribution in [3.05, 3.63) is 53.9 Å². The Balaban J connectivity index is 1.34. The molecule has 2 saturated carbocycles. The van der Waals surface area contributed by atoms with Gasteiger partial charge in [-0.3, -0.25) is 0 Å².